The summed E-state index contributed by atoms with van der Waals surface area (Å²) in [6.45, 7) is 0. The van der Waals surface area contributed by atoms with Crippen LogP contribution >= 0.6 is 11.6 Å². The quantitative estimate of drug-likeness (QED) is 0.467. The molecule has 0 saturated heterocycles. The van der Waals surface area contributed by atoms with E-state index in [0.717, 1.165) is 5.56 Å². The zero-order chi connectivity index (χ0) is 21.1. The van der Waals surface area contributed by atoms with Crippen molar-refractivity contribution in [2.24, 2.45) is 0 Å². The minimum atomic E-state index is -3.85. The Kier molecular flexibility index (Phi) is 5.48. The van der Waals surface area contributed by atoms with Crippen molar-refractivity contribution in [3.8, 4) is 28.3 Å². The van der Waals surface area contributed by atoms with E-state index in [1.165, 1.54) is 16.9 Å². The molecule has 0 aliphatic rings. The van der Waals surface area contributed by atoms with Gasteiger partial charge in [0.1, 0.15) is 5.75 Å². The highest BCUT2D eigenvalue weighted by Crippen LogP contribution is 2.32. The molecule has 1 N–H and O–H groups in total. The van der Waals surface area contributed by atoms with Gasteiger partial charge in [0.2, 0.25) is 0 Å². The minimum Gasteiger partial charge on any atom is -0.496 e. The Hall–Kier alpha value is -3.29. The van der Waals surface area contributed by atoms with Crippen molar-refractivity contribution in [2.75, 3.05) is 11.9 Å². The van der Waals surface area contributed by atoms with Gasteiger partial charge in [0.15, 0.2) is 0 Å². The summed E-state index contributed by atoms with van der Waals surface area (Å²) in [5.41, 5.74) is 2.62. The van der Waals surface area contributed by atoms with Crippen molar-refractivity contribution in [1.29, 1.82) is 0 Å². The number of para-hydroxylation sites is 1. The summed E-state index contributed by atoms with van der Waals surface area (Å²) >= 11 is 5.99. The molecular weight excluding hydrogens is 422 g/mol. The summed E-state index contributed by atoms with van der Waals surface area (Å²) in [6.07, 6.45) is 0. The number of hydrogen-bond acceptors (Lipinski definition) is 4. The second-order valence-corrected chi connectivity index (χ2v) is 8.54. The molecule has 0 bridgehead atoms. The molecule has 0 unspecified atom stereocenters. The lowest BCUT2D eigenvalue weighted by atomic mass is 10.1. The summed E-state index contributed by atoms with van der Waals surface area (Å²) in [7, 11) is -2.29. The van der Waals surface area contributed by atoms with Crippen molar-refractivity contribution in [2.45, 2.75) is 4.90 Å². The second kappa shape index (κ2) is 8.22. The third kappa shape index (κ3) is 4.03. The Morgan fingerprint density at radius 1 is 0.933 bits per heavy atom. The lowest BCUT2D eigenvalue weighted by Crippen LogP contribution is -2.25. The number of benzene rings is 3. The third-order valence-corrected chi connectivity index (χ3v) is 6.05. The highest BCUT2D eigenvalue weighted by atomic mass is 35.5. The molecular formula is C22H18ClN3O3S. The van der Waals surface area contributed by atoms with Gasteiger partial charge in [-0.05, 0) is 42.5 Å². The molecule has 0 aliphatic heterocycles. The lowest BCUT2D eigenvalue weighted by molar-refractivity contribution is 0.416. The molecule has 1 aromatic heterocycles. The average molecular weight is 440 g/mol. The first-order valence-corrected chi connectivity index (χ1v) is 10.9. The van der Waals surface area contributed by atoms with E-state index in [0.29, 0.717) is 27.7 Å². The smallest absolute Gasteiger partial charge is 0.276 e. The van der Waals surface area contributed by atoms with Crippen molar-refractivity contribution in [1.82, 2.24) is 9.89 Å². The number of hydrogen-bond donors (Lipinski definition) is 1. The van der Waals surface area contributed by atoms with Crippen molar-refractivity contribution < 1.29 is 13.2 Å². The molecule has 0 fully saturated rings. The van der Waals surface area contributed by atoms with Crippen molar-refractivity contribution in [3.63, 3.8) is 0 Å². The number of ether oxygens (including phenoxy) is 1. The summed E-state index contributed by atoms with van der Waals surface area (Å²) in [6, 6.07) is 24.4. The van der Waals surface area contributed by atoms with Crippen molar-refractivity contribution in [3.05, 3.63) is 90.0 Å². The number of nitrogens with zero attached hydrogens (tertiary/aromatic N) is 2. The minimum absolute atomic E-state index is 0.138. The van der Waals surface area contributed by atoms with E-state index in [1.54, 1.807) is 49.6 Å². The predicted molar refractivity (Wildman–Crippen MR) is 118 cm³/mol. The molecule has 8 heteroatoms. The van der Waals surface area contributed by atoms with Crippen LogP contribution in [0.4, 0.5) is 0 Å². The Bertz CT molecular complexity index is 1270. The Balaban J connectivity index is 1.84. The van der Waals surface area contributed by atoms with E-state index in [1.807, 2.05) is 30.3 Å². The van der Waals surface area contributed by atoms with Crippen LogP contribution in [0.1, 0.15) is 0 Å². The van der Waals surface area contributed by atoms with Crippen LogP contribution in [0.25, 0.3) is 22.5 Å². The van der Waals surface area contributed by atoms with Gasteiger partial charge in [0, 0.05) is 16.1 Å². The van der Waals surface area contributed by atoms with E-state index < -0.39 is 10.0 Å². The van der Waals surface area contributed by atoms with Gasteiger partial charge in [-0.2, -0.15) is 23.1 Å². The molecule has 6 nitrogen and oxygen atoms in total. The molecule has 3 aromatic carbocycles. The van der Waals surface area contributed by atoms with Crippen LogP contribution in [-0.4, -0.2) is 25.4 Å². The topological polar surface area (TPSA) is 73.2 Å². The van der Waals surface area contributed by atoms with Gasteiger partial charge in [-0.1, -0.05) is 54.1 Å². The van der Waals surface area contributed by atoms with E-state index in [-0.39, 0.29) is 4.90 Å². The van der Waals surface area contributed by atoms with Crippen molar-refractivity contribution >= 4 is 21.6 Å². The van der Waals surface area contributed by atoms with Gasteiger partial charge in [-0.15, -0.1) is 0 Å². The fourth-order valence-corrected chi connectivity index (χ4v) is 4.14. The first kappa shape index (κ1) is 20.0. The molecule has 30 heavy (non-hydrogen) atoms. The molecule has 0 atom stereocenters. The number of sulfonamides is 1. The molecule has 0 amide bonds. The fraction of sp³-hybridized carbons (Fsp3) is 0.0455. The Labute approximate surface area is 179 Å². The van der Waals surface area contributed by atoms with Crippen LogP contribution in [0.3, 0.4) is 0 Å². The van der Waals surface area contributed by atoms with E-state index in [2.05, 4.69) is 9.93 Å². The maximum absolute atomic E-state index is 12.9. The van der Waals surface area contributed by atoms with Gasteiger partial charge >= 0.3 is 0 Å². The number of halogens is 1. The number of methoxy groups -OCH3 is 1. The van der Waals surface area contributed by atoms with Gasteiger partial charge in [0.05, 0.1) is 23.4 Å². The molecule has 152 valence electrons. The highest BCUT2D eigenvalue weighted by Gasteiger charge is 2.20. The second-order valence-electron chi connectivity index (χ2n) is 6.44. The van der Waals surface area contributed by atoms with Gasteiger partial charge in [-0.25, -0.2) is 0 Å². The molecule has 4 rings (SSSR count). The van der Waals surface area contributed by atoms with Crippen LogP contribution in [0, 0.1) is 0 Å². The number of nitrogens with one attached hydrogen (secondary N) is 1. The monoisotopic (exact) mass is 439 g/mol. The predicted octanol–water partition coefficient (Wildman–Crippen LogP) is 4.81. The third-order valence-electron chi connectivity index (χ3n) is 4.49. The summed E-state index contributed by atoms with van der Waals surface area (Å²) < 4.78 is 31.3. The summed E-state index contributed by atoms with van der Waals surface area (Å²) in [4.78, 5) is 3.94. The largest absolute Gasteiger partial charge is 0.496 e. The molecule has 0 spiro atoms. The molecule has 0 aliphatic carbocycles. The molecule has 1 heterocycles. The zero-order valence-corrected chi connectivity index (χ0v) is 17.6. The van der Waals surface area contributed by atoms with Gasteiger partial charge in [0.25, 0.3) is 10.0 Å². The lowest BCUT2D eigenvalue weighted by Gasteiger charge is -2.13. The van der Waals surface area contributed by atoms with Crippen LogP contribution in [0.2, 0.25) is 5.02 Å². The average Bonchev–Trinajstić information content (AvgIpc) is 3.17. The Morgan fingerprint density at radius 3 is 2.30 bits per heavy atom. The summed E-state index contributed by atoms with van der Waals surface area (Å²) in [5.74, 6) is 0.597. The first-order chi connectivity index (χ1) is 14.5. The van der Waals surface area contributed by atoms with Crippen LogP contribution in [-0.2, 0) is 10.0 Å². The van der Waals surface area contributed by atoms with Crippen LogP contribution in [0.15, 0.2) is 89.8 Å². The standard InChI is InChI=1S/C22H18ClN3O3S/c1-29-22-10-6-5-9-19(22)21-15-20(16-11-13-17(23)14-12-16)24-26(21)25-30(27,28)18-7-3-2-4-8-18/h2-15,25H,1H3. The molecule has 4 aromatic rings. The van der Waals surface area contributed by atoms with E-state index in [4.69, 9.17) is 16.3 Å². The van der Waals surface area contributed by atoms with Gasteiger partial charge in [-0.3, -0.25) is 0 Å². The molecule has 0 radical (unpaired) electrons. The highest BCUT2D eigenvalue weighted by molar-refractivity contribution is 7.92. The number of rotatable bonds is 6. The summed E-state index contributed by atoms with van der Waals surface area (Å²) in [5, 5.41) is 5.10. The molecule has 0 saturated carbocycles. The van der Waals surface area contributed by atoms with Gasteiger partial charge < -0.3 is 4.74 Å². The maximum atomic E-state index is 12.9. The normalized spacial score (nSPS) is 11.3. The first-order valence-electron chi connectivity index (χ1n) is 9.05. The van der Waals surface area contributed by atoms with E-state index >= 15 is 0 Å². The van der Waals surface area contributed by atoms with Crippen LogP contribution in [0.5, 0.6) is 5.75 Å². The Morgan fingerprint density at radius 2 is 1.60 bits per heavy atom. The zero-order valence-electron chi connectivity index (χ0n) is 16.0. The van der Waals surface area contributed by atoms with E-state index in [9.17, 15) is 8.42 Å². The number of aromatic nitrogens is 2. The fourth-order valence-electron chi connectivity index (χ4n) is 3.03. The SMILES string of the molecule is COc1ccccc1-c1cc(-c2ccc(Cl)cc2)nn1NS(=O)(=O)c1ccccc1. The maximum Gasteiger partial charge on any atom is 0.276 e. The van der Waals surface area contributed by atoms with Crippen LogP contribution < -0.4 is 9.57 Å².